The van der Waals surface area contributed by atoms with Crippen LogP contribution in [0.1, 0.15) is 12.0 Å². The maximum Gasteiger partial charge on any atom is 0.325 e. The van der Waals surface area contributed by atoms with Gasteiger partial charge < -0.3 is 15.1 Å². The summed E-state index contributed by atoms with van der Waals surface area (Å²) >= 11 is 0. The summed E-state index contributed by atoms with van der Waals surface area (Å²) < 4.78 is 10.5. The average molecular weight is 257 g/mol. The Labute approximate surface area is 100 Å². The number of hydrogen-bond donors (Lipinski definition) is 3. The van der Waals surface area contributed by atoms with Gasteiger partial charge in [0.15, 0.2) is 0 Å². The summed E-state index contributed by atoms with van der Waals surface area (Å²) in [4.78, 5) is 28.7. The van der Waals surface area contributed by atoms with Crippen LogP contribution in [0.2, 0.25) is 0 Å². The van der Waals surface area contributed by atoms with Crippen LogP contribution in [-0.4, -0.2) is 28.4 Å². The molecule has 0 saturated heterocycles. The van der Waals surface area contributed by atoms with E-state index in [4.69, 9.17) is 9.79 Å². The predicted molar refractivity (Wildman–Crippen MR) is 64.7 cm³/mol. The molecule has 94 valence electrons. The first-order chi connectivity index (χ1) is 7.97. The van der Waals surface area contributed by atoms with Gasteiger partial charge in [-0.05, 0) is 12.0 Å². The Morgan fingerprint density at radius 2 is 1.88 bits per heavy atom. The Bertz CT molecular complexity index is 401. The van der Waals surface area contributed by atoms with Crippen molar-refractivity contribution in [2.45, 2.75) is 12.8 Å². The molecule has 1 rings (SSSR count). The van der Waals surface area contributed by atoms with Gasteiger partial charge >= 0.3 is 7.60 Å². The molecule has 17 heavy (non-hydrogen) atoms. The number of rotatable bonds is 6. The van der Waals surface area contributed by atoms with Gasteiger partial charge in [0.1, 0.15) is 0 Å². The first-order valence-corrected chi connectivity index (χ1v) is 7.12. The Kier molecular flexibility index (Phi) is 5.35. The van der Waals surface area contributed by atoms with Gasteiger partial charge in [-0.2, -0.15) is 0 Å². The van der Waals surface area contributed by atoms with Gasteiger partial charge in [0, 0.05) is 6.54 Å². The van der Waals surface area contributed by atoms with E-state index in [2.05, 4.69) is 5.32 Å². The van der Waals surface area contributed by atoms with E-state index >= 15 is 0 Å². The summed E-state index contributed by atoms with van der Waals surface area (Å²) in [5, 5.41) is 2.62. The highest BCUT2D eigenvalue weighted by atomic mass is 31.2. The lowest BCUT2D eigenvalue weighted by atomic mass is 10.1. The molecule has 0 aliphatic heterocycles. The highest BCUT2D eigenvalue weighted by Crippen LogP contribution is 2.34. The van der Waals surface area contributed by atoms with E-state index in [-0.39, 0.29) is 31.5 Å². The Morgan fingerprint density at radius 1 is 1.24 bits per heavy atom. The fraction of sp³-hybridized carbons (Fsp3) is 0.364. The minimum Gasteiger partial charge on any atom is -0.356 e. The lowest BCUT2D eigenvalue weighted by molar-refractivity contribution is -0.120. The normalized spacial score (nSPS) is 11.2. The molecular weight excluding hydrogens is 241 g/mol. The van der Waals surface area contributed by atoms with Crippen molar-refractivity contribution < 1.29 is 19.1 Å². The average Bonchev–Trinajstić information content (AvgIpc) is 2.25. The summed E-state index contributed by atoms with van der Waals surface area (Å²) in [5.74, 6) is -0.137. The van der Waals surface area contributed by atoms with Crippen molar-refractivity contribution >= 4 is 13.5 Å². The highest BCUT2D eigenvalue weighted by molar-refractivity contribution is 7.51. The molecule has 1 aromatic rings. The predicted octanol–water partition coefficient (Wildman–Crippen LogP) is 0.913. The number of amides is 1. The molecule has 0 fully saturated rings. The van der Waals surface area contributed by atoms with E-state index in [1.54, 1.807) is 0 Å². The third-order valence-corrected chi connectivity index (χ3v) is 3.05. The van der Waals surface area contributed by atoms with Gasteiger partial charge in [-0.15, -0.1) is 0 Å². The second kappa shape index (κ2) is 6.55. The summed E-state index contributed by atoms with van der Waals surface area (Å²) in [7, 11) is -3.94. The minimum absolute atomic E-state index is 0.137. The van der Waals surface area contributed by atoms with Gasteiger partial charge in [-0.1, -0.05) is 30.3 Å². The van der Waals surface area contributed by atoms with E-state index in [9.17, 15) is 9.36 Å². The summed E-state index contributed by atoms with van der Waals surface area (Å²) in [6, 6.07) is 9.30. The summed E-state index contributed by atoms with van der Waals surface area (Å²) in [5.41, 5.74) is 0.917. The number of carbonyl (C=O) groups is 1. The maximum atomic E-state index is 11.4. The highest BCUT2D eigenvalue weighted by Gasteiger charge is 2.11. The van der Waals surface area contributed by atoms with Crippen molar-refractivity contribution in [1.29, 1.82) is 0 Å². The quantitative estimate of drug-likeness (QED) is 0.522. The lowest BCUT2D eigenvalue weighted by Gasteiger charge is -2.06. The first-order valence-electron chi connectivity index (χ1n) is 5.32. The molecule has 3 N–H and O–H groups in total. The van der Waals surface area contributed by atoms with Crippen molar-refractivity contribution in [2.24, 2.45) is 0 Å². The molecule has 0 unspecified atom stereocenters. The molecular formula is C11H16NO4P. The fourth-order valence-corrected chi connectivity index (χ4v) is 1.93. The van der Waals surface area contributed by atoms with E-state index in [1.165, 1.54) is 0 Å². The number of carbonyl (C=O) groups excluding carboxylic acids is 1. The second-order valence-electron chi connectivity index (χ2n) is 3.75. The molecule has 0 aliphatic carbocycles. The number of nitrogens with one attached hydrogen (secondary N) is 1. The first kappa shape index (κ1) is 13.9. The van der Waals surface area contributed by atoms with Crippen molar-refractivity contribution in [2.75, 3.05) is 12.7 Å². The molecule has 1 aromatic carbocycles. The molecule has 0 spiro atoms. The number of hydrogen-bond acceptors (Lipinski definition) is 2. The molecule has 1 amide bonds. The third kappa shape index (κ3) is 6.89. The Balaban J connectivity index is 2.20. The van der Waals surface area contributed by atoms with Crippen LogP contribution >= 0.6 is 7.60 Å². The van der Waals surface area contributed by atoms with Crippen molar-refractivity contribution in [3.8, 4) is 0 Å². The Hall–Kier alpha value is -1.16. The largest absolute Gasteiger partial charge is 0.356 e. The topological polar surface area (TPSA) is 86.6 Å². The van der Waals surface area contributed by atoms with Gasteiger partial charge in [-0.3, -0.25) is 9.36 Å². The van der Waals surface area contributed by atoms with E-state index in [0.29, 0.717) is 0 Å². The van der Waals surface area contributed by atoms with E-state index in [1.807, 2.05) is 30.3 Å². The molecule has 5 nitrogen and oxygen atoms in total. The Morgan fingerprint density at radius 3 is 2.47 bits per heavy atom. The monoisotopic (exact) mass is 257 g/mol. The second-order valence-corrected chi connectivity index (χ2v) is 5.53. The van der Waals surface area contributed by atoms with Crippen LogP contribution in [0.5, 0.6) is 0 Å². The van der Waals surface area contributed by atoms with Crippen LogP contribution in [0, 0.1) is 0 Å². The van der Waals surface area contributed by atoms with Crippen LogP contribution in [0.25, 0.3) is 0 Å². The zero-order valence-corrected chi connectivity index (χ0v) is 10.3. The summed E-state index contributed by atoms with van der Waals surface area (Å²) in [6.07, 6.45) is 0.375. The van der Waals surface area contributed by atoms with Gasteiger partial charge in [0.2, 0.25) is 5.91 Å². The molecule has 0 aliphatic rings. The van der Waals surface area contributed by atoms with Crippen LogP contribution < -0.4 is 5.32 Å². The van der Waals surface area contributed by atoms with E-state index < -0.39 is 7.60 Å². The summed E-state index contributed by atoms with van der Waals surface area (Å²) in [6.45, 7) is 0.288. The zero-order chi connectivity index (χ0) is 12.7. The molecule has 0 heterocycles. The minimum atomic E-state index is -3.94. The van der Waals surface area contributed by atoms with Crippen molar-refractivity contribution in [3.05, 3.63) is 35.9 Å². The van der Waals surface area contributed by atoms with Crippen LogP contribution in [0.3, 0.4) is 0 Å². The SMILES string of the molecule is O=C(Cc1ccccc1)NCCCP(=O)(O)O. The van der Waals surface area contributed by atoms with Crippen molar-refractivity contribution in [1.82, 2.24) is 5.32 Å². The van der Waals surface area contributed by atoms with E-state index in [0.717, 1.165) is 5.56 Å². The number of benzene rings is 1. The van der Waals surface area contributed by atoms with Crippen LogP contribution in [0.4, 0.5) is 0 Å². The fourth-order valence-electron chi connectivity index (χ4n) is 1.36. The molecule has 0 atom stereocenters. The molecule has 6 heteroatoms. The molecule has 0 aromatic heterocycles. The lowest BCUT2D eigenvalue weighted by Crippen LogP contribution is -2.26. The molecule has 0 saturated carbocycles. The standard InChI is InChI=1S/C11H16NO4P/c13-11(9-10-5-2-1-3-6-10)12-7-4-8-17(14,15)16/h1-3,5-6H,4,7-9H2,(H,12,13)(H2,14,15,16). The maximum absolute atomic E-state index is 11.4. The van der Waals surface area contributed by atoms with Gasteiger partial charge in [0.05, 0.1) is 12.6 Å². The van der Waals surface area contributed by atoms with Crippen molar-refractivity contribution in [3.63, 3.8) is 0 Å². The van der Waals surface area contributed by atoms with Crippen LogP contribution in [-0.2, 0) is 15.8 Å². The van der Waals surface area contributed by atoms with Crippen LogP contribution in [0.15, 0.2) is 30.3 Å². The zero-order valence-electron chi connectivity index (χ0n) is 9.37. The third-order valence-electron chi connectivity index (χ3n) is 2.16. The molecule has 0 bridgehead atoms. The van der Waals surface area contributed by atoms with Gasteiger partial charge in [-0.25, -0.2) is 0 Å². The van der Waals surface area contributed by atoms with Gasteiger partial charge in [0.25, 0.3) is 0 Å². The smallest absolute Gasteiger partial charge is 0.325 e. The molecule has 0 radical (unpaired) electrons.